The predicted octanol–water partition coefficient (Wildman–Crippen LogP) is 2.70. The molecule has 2 aromatic rings. The van der Waals surface area contributed by atoms with Gasteiger partial charge in [0.25, 0.3) is 0 Å². The number of hydrogen-bond acceptors (Lipinski definition) is 4. The average Bonchev–Trinajstić information content (AvgIpc) is 2.76. The molecular formula is C12H13FN4S. The highest BCUT2D eigenvalue weighted by Crippen LogP contribution is 2.42. The molecule has 18 heavy (non-hydrogen) atoms. The van der Waals surface area contributed by atoms with Gasteiger partial charge in [0, 0.05) is 5.25 Å². The lowest BCUT2D eigenvalue weighted by Crippen LogP contribution is -2.07. The number of nitrogen functional groups attached to an aromatic ring is 1. The Balaban J connectivity index is 1.88. The number of anilines is 1. The summed E-state index contributed by atoms with van der Waals surface area (Å²) in [6, 6.07) is 5.03. The minimum absolute atomic E-state index is 0.184. The summed E-state index contributed by atoms with van der Waals surface area (Å²) in [6.07, 6.45) is 3.13. The maximum Gasteiger partial charge on any atom is 0.216 e. The molecule has 0 radical (unpaired) electrons. The molecule has 0 bridgehead atoms. The smallest absolute Gasteiger partial charge is 0.216 e. The van der Waals surface area contributed by atoms with Crippen molar-refractivity contribution in [1.29, 1.82) is 0 Å². The number of hydrogen-bond donors (Lipinski definition) is 2. The molecule has 4 nitrogen and oxygen atoms in total. The molecule has 0 spiro atoms. The third kappa shape index (κ3) is 2.20. The number of nitrogens with zero attached hydrogens (tertiary/aromatic N) is 2. The van der Waals surface area contributed by atoms with Gasteiger partial charge in [-0.1, -0.05) is 17.8 Å². The van der Waals surface area contributed by atoms with Crippen LogP contribution in [0.3, 0.4) is 0 Å². The van der Waals surface area contributed by atoms with E-state index in [-0.39, 0.29) is 11.1 Å². The molecule has 3 N–H and O–H groups in total. The van der Waals surface area contributed by atoms with Crippen LogP contribution in [0, 0.1) is 5.82 Å². The van der Waals surface area contributed by atoms with Gasteiger partial charge in [0.05, 0.1) is 0 Å². The zero-order valence-electron chi connectivity index (χ0n) is 9.69. The lowest BCUT2D eigenvalue weighted by molar-refractivity contribution is 0.611. The standard InChI is InChI=1S/C12H13FN4S/c13-8-5-4-7-2-1-3-10(9(7)6-8)18-12-15-11(14)16-17-12/h4-6,10H,1-3H2,(H3,14,15,16,17)/t10-/m0/s1. The molecule has 1 aromatic heterocycles. The van der Waals surface area contributed by atoms with E-state index in [2.05, 4.69) is 15.2 Å². The van der Waals surface area contributed by atoms with Crippen molar-refractivity contribution in [3.8, 4) is 0 Å². The van der Waals surface area contributed by atoms with Gasteiger partial charge in [-0.3, -0.25) is 0 Å². The van der Waals surface area contributed by atoms with E-state index in [1.54, 1.807) is 6.07 Å². The summed E-state index contributed by atoms with van der Waals surface area (Å²) in [4.78, 5) is 4.08. The van der Waals surface area contributed by atoms with E-state index in [0.29, 0.717) is 11.1 Å². The minimum atomic E-state index is -0.184. The number of rotatable bonds is 2. The van der Waals surface area contributed by atoms with Crippen LogP contribution in [0.15, 0.2) is 23.4 Å². The van der Waals surface area contributed by atoms with Crippen molar-refractivity contribution in [2.24, 2.45) is 0 Å². The SMILES string of the molecule is Nc1nc(S[C@H]2CCCc3ccc(F)cc32)n[nH]1. The number of aryl methyl sites for hydroxylation is 1. The molecule has 0 amide bonds. The van der Waals surface area contributed by atoms with E-state index in [9.17, 15) is 4.39 Å². The third-order valence-corrected chi connectivity index (χ3v) is 4.26. The van der Waals surface area contributed by atoms with E-state index < -0.39 is 0 Å². The molecule has 94 valence electrons. The summed E-state index contributed by atoms with van der Waals surface area (Å²) in [6.45, 7) is 0. The molecule has 0 unspecified atom stereocenters. The maximum absolute atomic E-state index is 13.3. The summed E-state index contributed by atoms with van der Waals surface area (Å²) < 4.78 is 13.3. The van der Waals surface area contributed by atoms with Crippen molar-refractivity contribution < 1.29 is 4.39 Å². The van der Waals surface area contributed by atoms with Crippen LogP contribution in [-0.2, 0) is 6.42 Å². The summed E-state index contributed by atoms with van der Waals surface area (Å²) >= 11 is 1.54. The zero-order chi connectivity index (χ0) is 12.5. The Kier molecular flexibility index (Phi) is 2.95. The first-order valence-electron chi connectivity index (χ1n) is 5.85. The first-order chi connectivity index (χ1) is 8.72. The Labute approximate surface area is 108 Å². The highest BCUT2D eigenvalue weighted by molar-refractivity contribution is 7.99. The van der Waals surface area contributed by atoms with Crippen LogP contribution < -0.4 is 5.73 Å². The zero-order valence-corrected chi connectivity index (χ0v) is 10.5. The highest BCUT2D eigenvalue weighted by Gasteiger charge is 2.23. The van der Waals surface area contributed by atoms with Crippen molar-refractivity contribution in [3.05, 3.63) is 35.1 Å². The number of fused-ring (bicyclic) bond motifs is 1. The van der Waals surface area contributed by atoms with Crippen molar-refractivity contribution in [2.45, 2.75) is 29.7 Å². The first kappa shape index (κ1) is 11.5. The van der Waals surface area contributed by atoms with E-state index in [4.69, 9.17) is 5.73 Å². The van der Waals surface area contributed by atoms with E-state index in [1.807, 2.05) is 6.07 Å². The van der Waals surface area contributed by atoms with Crippen molar-refractivity contribution >= 4 is 17.7 Å². The Morgan fingerprint density at radius 2 is 2.33 bits per heavy atom. The fourth-order valence-corrected chi connectivity index (χ4v) is 3.42. The monoisotopic (exact) mass is 264 g/mol. The fourth-order valence-electron chi connectivity index (χ4n) is 2.29. The van der Waals surface area contributed by atoms with Gasteiger partial charge in [0.1, 0.15) is 5.82 Å². The van der Waals surface area contributed by atoms with Crippen LogP contribution in [0.5, 0.6) is 0 Å². The Morgan fingerprint density at radius 3 is 3.11 bits per heavy atom. The maximum atomic E-state index is 13.3. The topological polar surface area (TPSA) is 67.6 Å². The van der Waals surface area contributed by atoms with Crippen molar-refractivity contribution in [2.75, 3.05) is 5.73 Å². The molecule has 0 saturated heterocycles. The van der Waals surface area contributed by atoms with Crippen LogP contribution >= 0.6 is 11.8 Å². The van der Waals surface area contributed by atoms with E-state index in [1.165, 1.54) is 23.4 Å². The molecule has 1 aromatic carbocycles. The van der Waals surface area contributed by atoms with Crippen LogP contribution in [0.2, 0.25) is 0 Å². The number of thioether (sulfide) groups is 1. The van der Waals surface area contributed by atoms with E-state index >= 15 is 0 Å². The molecule has 1 atom stereocenters. The van der Waals surface area contributed by atoms with Crippen LogP contribution in [-0.4, -0.2) is 15.2 Å². The molecular weight excluding hydrogens is 251 g/mol. The Morgan fingerprint density at radius 1 is 1.44 bits per heavy atom. The van der Waals surface area contributed by atoms with Gasteiger partial charge >= 0.3 is 0 Å². The van der Waals surface area contributed by atoms with Gasteiger partial charge in [0.2, 0.25) is 11.1 Å². The quantitative estimate of drug-likeness (QED) is 0.875. The molecule has 0 aliphatic heterocycles. The number of nitrogens with two attached hydrogens (primary N) is 1. The van der Waals surface area contributed by atoms with E-state index in [0.717, 1.165) is 24.8 Å². The molecule has 1 aliphatic carbocycles. The summed E-state index contributed by atoms with van der Waals surface area (Å²) in [5.41, 5.74) is 7.79. The fraction of sp³-hybridized carbons (Fsp3) is 0.333. The number of aromatic amines is 1. The van der Waals surface area contributed by atoms with Gasteiger partial charge in [-0.25, -0.2) is 9.49 Å². The second-order valence-electron chi connectivity index (χ2n) is 4.35. The van der Waals surface area contributed by atoms with Gasteiger partial charge < -0.3 is 5.73 Å². The summed E-state index contributed by atoms with van der Waals surface area (Å²) in [5.74, 6) is 0.128. The lowest BCUT2D eigenvalue weighted by Gasteiger charge is -2.23. The van der Waals surface area contributed by atoms with Gasteiger partial charge in [-0.2, -0.15) is 4.98 Å². The van der Waals surface area contributed by atoms with Crippen LogP contribution in [0.4, 0.5) is 10.3 Å². The molecule has 1 aliphatic rings. The second-order valence-corrected chi connectivity index (χ2v) is 5.51. The largest absolute Gasteiger partial charge is 0.368 e. The van der Waals surface area contributed by atoms with Crippen LogP contribution in [0.1, 0.15) is 29.2 Å². The van der Waals surface area contributed by atoms with Gasteiger partial charge in [0.15, 0.2) is 0 Å². The number of nitrogens with one attached hydrogen (secondary N) is 1. The number of aromatic nitrogens is 3. The summed E-state index contributed by atoms with van der Waals surface area (Å²) in [5, 5.41) is 7.46. The second kappa shape index (κ2) is 4.61. The Hall–Kier alpha value is -1.56. The molecule has 6 heteroatoms. The third-order valence-electron chi connectivity index (χ3n) is 3.10. The number of halogens is 1. The predicted molar refractivity (Wildman–Crippen MR) is 68.7 cm³/mol. The van der Waals surface area contributed by atoms with Crippen LogP contribution in [0.25, 0.3) is 0 Å². The normalized spacial score (nSPS) is 18.6. The lowest BCUT2D eigenvalue weighted by atomic mass is 9.91. The van der Waals surface area contributed by atoms with Crippen molar-refractivity contribution in [3.63, 3.8) is 0 Å². The van der Waals surface area contributed by atoms with Gasteiger partial charge in [-0.15, -0.1) is 5.10 Å². The highest BCUT2D eigenvalue weighted by atomic mass is 32.2. The first-order valence-corrected chi connectivity index (χ1v) is 6.73. The average molecular weight is 264 g/mol. The Bertz CT molecular complexity index is 569. The minimum Gasteiger partial charge on any atom is -0.368 e. The number of H-pyrrole nitrogens is 1. The molecule has 3 rings (SSSR count). The molecule has 1 heterocycles. The number of benzene rings is 1. The molecule has 0 saturated carbocycles. The molecule has 0 fully saturated rings. The summed E-state index contributed by atoms with van der Waals surface area (Å²) in [7, 11) is 0. The van der Waals surface area contributed by atoms with Gasteiger partial charge in [-0.05, 0) is 42.5 Å². The van der Waals surface area contributed by atoms with Crippen molar-refractivity contribution in [1.82, 2.24) is 15.2 Å².